The van der Waals surface area contributed by atoms with Crippen molar-refractivity contribution in [2.24, 2.45) is 0 Å². The first-order valence-corrected chi connectivity index (χ1v) is 6.71. The third-order valence-electron chi connectivity index (χ3n) is 2.40. The minimum Gasteiger partial charge on any atom is -0.379 e. The minimum atomic E-state index is 0.509. The molecule has 2 aromatic rings. The van der Waals surface area contributed by atoms with Gasteiger partial charge in [0.1, 0.15) is 6.07 Å². The summed E-state index contributed by atoms with van der Waals surface area (Å²) in [6.07, 6.45) is 1.71. The van der Waals surface area contributed by atoms with Gasteiger partial charge in [0.2, 0.25) is 0 Å². The van der Waals surface area contributed by atoms with Crippen LogP contribution in [-0.2, 0) is 6.54 Å². The van der Waals surface area contributed by atoms with Gasteiger partial charge < -0.3 is 5.32 Å². The summed E-state index contributed by atoms with van der Waals surface area (Å²) in [6, 6.07) is 5.68. The van der Waals surface area contributed by atoms with Crippen molar-refractivity contribution in [1.82, 2.24) is 4.98 Å². The SMILES string of the molecule is Cc1cc(C#N)c(NCc2cnc(Cl)s2)cc1Cl. The Morgan fingerprint density at radius 2 is 2.22 bits per heavy atom. The summed E-state index contributed by atoms with van der Waals surface area (Å²) in [4.78, 5) is 4.96. The van der Waals surface area contributed by atoms with Gasteiger partial charge in [0.05, 0.1) is 17.8 Å². The van der Waals surface area contributed by atoms with E-state index in [4.69, 9.17) is 28.5 Å². The van der Waals surface area contributed by atoms with Crippen LogP contribution in [0, 0.1) is 18.3 Å². The molecule has 1 aromatic carbocycles. The predicted octanol–water partition coefficient (Wildman–Crippen LogP) is 4.24. The Bertz CT molecular complexity index is 616. The zero-order chi connectivity index (χ0) is 13.1. The molecule has 0 unspecified atom stereocenters. The van der Waals surface area contributed by atoms with Crippen LogP contribution < -0.4 is 5.32 Å². The van der Waals surface area contributed by atoms with E-state index in [9.17, 15) is 0 Å². The van der Waals surface area contributed by atoms with E-state index < -0.39 is 0 Å². The maximum Gasteiger partial charge on any atom is 0.183 e. The molecular weight excluding hydrogens is 289 g/mol. The smallest absolute Gasteiger partial charge is 0.183 e. The van der Waals surface area contributed by atoms with E-state index in [0.717, 1.165) is 16.1 Å². The highest BCUT2D eigenvalue weighted by Gasteiger charge is 2.07. The number of nitrogens with zero attached hydrogens (tertiary/aromatic N) is 2. The molecule has 1 N–H and O–H groups in total. The zero-order valence-electron chi connectivity index (χ0n) is 9.50. The molecule has 3 nitrogen and oxygen atoms in total. The second-order valence-corrected chi connectivity index (χ2v) is 5.80. The predicted molar refractivity (Wildman–Crippen MR) is 75.4 cm³/mol. The monoisotopic (exact) mass is 297 g/mol. The number of halogens is 2. The third-order valence-corrected chi connectivity index (χ3v) is 3.92. The fraction of sp³-hybridized carbons (Fsp3) is 0.167. The van der Waals surface area contributed by atoms with Crippen molar-refractivity contribution < 1.29 is 0 Å². The maximum absolute atomic E-state index is 9.07. The van der Waals surface area contributed by atoms with Crippen LogP contribution in [-0.4, -0.2) is 4.98 Å². The minimum absolute atomic E-state index is 0.509. The lowest BCUT2D eigenvalue weighted by atomic mass is 10.1. The molecule has 0 aliphatic carbocycles. The molecule has 0 saturated heterocycles. The van der Waals surface area contributed by atoms with Crippen LogP contribution in [0.1, 0.15) is 16.0 Å². The average molecular weight is 298 g/mol. The van der Waals surface area contributed by atoms with E-state index in [1.54, 1.807) is 18.3 Å². The number of hydrogen-bond acceptors (Lipinski definition) is 4. The number of nitrogens with one attached hydrogen (secondary N) is 1. The Kier molecular flexibility index (Phi) is 4.07. The molecule has 0 spiro atoms. The van der Waals surface area contributed by atoms with E-state index in [1.807, 2.05) is 6.92 Å². The molecule has 6 heteroatoms. The molecule has 0 atom stereocenters. The maximum atomic E-state index is 9.07. The van der Waals surface area contributed by atoms with Crippen LogP contribution in [0.4, 0.5) is 5.69 Å². The van der Waals surface area contributed by atoms with Gasteiger partial charge in [-0.3, -0.25) is 0 Å². The van der Waals surface area contributed by atoms with E-state index in [0.29, 0.717) is 21.6 Å². The van der Waals surface area contributed by atoms with Gasteiger partial charge in [0.15, 0.2) is 4.47 Å². The largest absolute Gasteiger partial charge is 0.379 e. The zero-order valence-corrected chi connectivity index (χ0v) is 11.8. The Labute approximate surface area is 119 Å². The summed E-state index contributed by atoms with van der Waals surface area (Å²) in [6.45, 7) is 2.44. The first kappa shape index (κ1) is 13.2. The van der Waals surface area contributed by atoms with Crippen molar-refractivity contribution in [1.29, 1.82) is 5.26 Å². The van der Waals surface area contributed by atoms with Gasteiger partial charge in [-0.05, 0) is 24.6 Å². The Morgan fingerprint density at radius 1 is 1.44 bits per heavy atom. The molecule has 92 valence electrons. The second kappa shape index (κ2) is 5.57. The van der Waals surface area contributed by atoms with Gasteiger partial charge in [-0.1, -0.05) is 23.2 Å². The molecule has 1 heterocycles. The van der Waals surface area contributed by atoms with E-state index in [1.165, 1.54) is 11.3 Å². The van der Waals surface area contributed by atoms with Crippen LogP contribution in [0.15, 0.2) is 18.3 Å². The van der Waals surface area contributed by atoms with Crippen LogP contribution >= 0.6 is 34.5 Å². The average Bonchev–Trinajstić information content (AvgIpc) is 2.76. The molecule has 0 aliphatic rings. The van der Waals surface area contributed by atoms with Gasteiger partial charge in [0, 0.05) is 16.1 Å². The van der Waals surface area contributed by atoms with Gasteiger partial charge in [-0.15, -0.1) is 11.3 Å². The number of aryl methyl sites for hydroxylation is 1. The Balaban J connectivity index is 2.19. The van der Waals surface area contributed by atoms with Gasteiger partial charge >= 0.3 is 0 Å². The lowest BCUT2D eigenvalue weighted by Crippen LogP contribution is -2.00. The molecule has 0 aliphatic heterocycles. The number of anilines is 1. The fourth-order valence-electron chi connectivity index (χ4n) is 1.47. The van der Waals surface area contributed by atoms with Gasteiger partial charge in [0.25, 0.3) is 0 Å². The molecule has 1 aromatic heterocycles. The Hall–Kier alpha value is -1.28. The first-order chi connectivity index (χ1) is 8.60. The lowest BCUT2D eigenvalue weighted by Gasteiger charge is -2.09. The highest BCUT2D eigenvalue weighted by atomic mass is 35.5. The third kappa shape index (κ3) is 2.94. The summed E-state index contributed by atoms with van der Waals surface area (Å²) in [5.74, 6) is 0. The number of rotatable bonds is 3. The van der Waals surface area contributed by atoms with Crippen LogP contribution in [0.3, 0.4) is 0 Å². The number of nitriles is 1. The standard InChI is InChI=1S/C12H9Cl2N3S/c1-7-2-8(4-15)11(3-10(7)13)16-5-9-6-17-12(14)18-9/h2-3,6,16H,5H2,1H3. The van der Waals surface area contributed by atoms with E-state index in [-0.39, 0.29) is 0 Å². The lowest BCUT2D eigenvalue weighted by molar-refractivity contribution is 1.17. The van der Waals surface area contributed by atoms with Crippen LogP contribution in [0.2, 0.25) is 9.49 Å². The first-order valence-electron chi connectivity index (χ1n) is 5.14. The van der Waals surface area contributed by atoms with Crippen molar-refractivity contribution in [2.75, 3.05) is 5.32 Å². The number of benzene rings is 1. The normalized spacial score (nSPS) is 10.1. The molecule has 2 rings (SSSR count). The molecular formula is C12H9Cl2N3S. The topological polar surface area (TPSA) is 48.7 Å². The number of thiazole rings is 1. The Morgan fingerprint density at radius 3 is 2.83 bits per heavy atom. The quantitative estimate of drug-likeness (QED) is 0.922. The van der Waals surface area contributed by atoms with Crippen LogP contribution in [0.5, 0.6) is 0 Å². The molecule has 0 radical (unpaired) electrons. The summed E-state index contributed by atoms with van der Waals surface area (Å²) in [5.41, 5.74) is 2.18. The van der Waals surface area contributed by atoms with E-state index in [2.05, 4.69) is 16.4 Å². The van der Waals surface area contributed by atoms with E-state index >= 15 is 0 Å². The summed E-state index contributed by atoms with van der Waals surface area (Å²) < 4.78 is 0.509. The summed E-state index contributed by atoms with van der Waals surface area (Å²) in [5, 5.41) is 12.9. The number of aromatic nitrogens is 1. The van der Waals surface area contributed by atoms with Crippen molar-refractivity contribution >= 4 is 40.2 Å². The second-order valence-electron chi connectivity index (χ2n) is 3.69. The fourth-order valence-corrected chi connectivity index (χ4v) is 2.55. The molecule has 0 saturated carbocycles. The molecule has 0 fully saturated rings. The van der Waals surface area contributed by atoms with Crippen molar-refractivity contribution in [2.45, 2.75) is 13.5 Å². The van der Waals surface area contributed by atoms with Crippen molar-refractivity contribution in [3.63, 3.8) is 0 Å². The summed E-state index contributed by atoms with van der Waals surface area (Å²) >= 11 is 13.2. The highest BCUT2D eigenvalue weighted by Crippen LogP contribution is 2.26. The highest BCUT2D eigenvalue weighted by molar-refractivity contribution is 7.15. The molecule has 0 bridgehead atoms. The van der Waals surface area contributed by atoms with Gasteiger partial charge in [-0.25, -0.2) is 4.98 Å². The molecule has 0 amide bonds. The van der Waals surface area contributed by atoms with Crippen molar-refractivity contribution in [3.05, 3.63) is 43.8 Å². The van der Waals surface area contributed by atoms with Crippen LogP contribution in [0.25, 0.3) is 0 Å². The number of hydrogen-bond donors (Lipinski definition) is 1. The van der Waals surface area contributed by atoms with Gasteiger partial charge in [-0.2, -0.15) is 5.26 Å². The van der Waals surface area contributed by atoms with Crippen molar-refractivity contribution in [3.8, 4) is 6.07 Å². The summed E-state index contributed by atoms with van der Waals surface area (Å²) in [7, 11) is 0. The molecule has 18 heavy (non-hydrogen) atoms.